The van der Waals surface area contributed by atoms with Crippen molar-refractivity contribution in [3.63, 3.8) is 0 Å². The third-order valence-corrected chi connectivity index (χ3v) is 1.94. The Balaban J connectivity index is -0.000000500. The smallest absolute Gasteiger partial charge is 1.00 e. The first-order chi connectivity index (χ1) is 5.41. The van der Waals surface area contributed by atoms with Crippen molar-refractivity contribution in [2.45, 2.75) is 0 Å². The van der Waals surface area contributed by atoms with E-state index in [1.807, 2.05) is 0 Å². The van der Waals surface area contributed by atoms with Gasteiger partial charge in [0, 0.05) is 27.4 Å². The zero-order valence-electron chi connectivity index (χ0n) is 9.17. The van der Waals surface area contributed by atoms with Crippen LogP contribution in [0.1, 0.15) is 1.43 Å². The number of ether oxygens (including phenoxy) is 2. The molecule has 0 aromatic carbocycles. The van der Waals surface area contributed by atoms with Crippen LogP contribution < -0.4 is 51.4 Å². The van der Waals surface area contributed by atoms with E-state index in [0.717, 1.165) is 0 Å². The molecule has 0 fully saturated rings. The first kappa shape index (κ1) is 16.4. The third kappa shape index (κ3) is 14.5. The van der Waals surface area contributed by atoms with E-state index in [-0.39, 0.29) is 52.8 Å². The second-order valence-electron chi connectivity index (χ2n) is 1.92. The molecule has 0 saturated heterocycles. The first-order valence-corrected chi connectivity index (χ1v) is 4.70. The molecule has 0 atom stereocenters. The van der Waals surface area contributed by atoms with Gasteiger partial charge in [0.2, 0.25) is 0 Å². The molecule has 12 heavy (non-hydrogen) atoms. The second-order valence-corrected chi connectivity index (χ2v) is 2.97. The Morgan fingerprint density at radius 1 is 0.917 bits per heavy atom. The predicted molar refractivity (Wildman–Crippen MR) is 43.9 cm³/mol. The normalized spacial score (nSPS) is 9.17. The maximum atomic E-state index is 5.16. The maximum absolute atomic E-state index is 5.16. The molecule has 0 amide bonds. The average molecular weight is 218 g/mol. The number of rotatable bonds is 8. The summed E-state index contributed by atoms with van der Waals surface area (Å²) in [6, 6.07) is 0. The van der Waals surface area contributed by atoms with E-state index in [4.69, 9.17) is 17.1 Å². The fourth-order valence-corrected chi connectivity index (χ4v) is 1.05. The van der Waals surface area contributed by atoms with Gasteiger partial charge in [-0.1, -0.05) is 0 Å². The zero-order chi connectivity index (χ0) is 8.36. The fourth-order valence-electron chi connectivity index (χ4n) is 0.461. The molecule has 6 heteroatoms. The molecule has 0 aliphatic heterocycles. The Labute approximate surface area is 125 Å². The Morgan fingerprint density at radius 3 is 1.67 bits per heavy atom. The summed E-state index contributed by atoms with van der Waals surface area (Å²) in [7, 11) is 3.30. The van der Waals surface area contributed by atoms with Gasteiger partial charge in [0.15, 0.2) is 0 Å². The van der Waals surface area contributed by atoms with Gasteiger partial charge in [-0.2, -0.15) is 0 Å². The van der Waals surface area contributed by atoms with Gasteiger partial charge in [-0.05, 0) is 0 Å². The summed E-state index contributed by atoms with van der Waals surface area (Å²) >= 11 is -0.789. The van der Waals surface area contributed by atoms with Crippen molar-refractivity contribution in [1.29, 1.82) is 0 Å². The van der Waals surface area contributed by atoms with Gasteiger partial charge in [-0.15, -0.1) is 0 Å². The molecule has 0 aromatic rings. The van der Waals surface area contributed by atoms with Crippen LogP contribution in [0.4, 0.5) is 0 Å². The van der Waals surface area contributed by atoms with Crippen LogP contribution in [0.5, 0.6) is 0 Å². The first-order valence-electron chi connectivity index (χ1n) is 3.55. The van der Waals surface area contributed by atoms with Gasteiger partial charge in [0.25, 0.3) is 0 Å². The van der Waals surface area contributed by atoms with Crippen molar-refractivity contribution in [3.05, 3.63) is 0 Å². The van der Waals surface area contributed by atoms with E-state index in [1.165, 1.54) is 0 Å². The molecule has 68 valence electrons. The van der Waals surface area contributed by atoms with E-state index in [0.29, 0.717) is 26.4 Å². The van der Waals surface area contributed by atoms with Crippen molar-refractivity contribution in [1.82, 2.24) is 0 Å². The molecule has 0 N–H and O–H groups in total. The Morgan fingerprint density at radius 2 is 1.33 bits per heavy atom. The summed E-state index contributed by atoms with van der Waals surface area (Å²) in [5.41, 5.74) is 0. The molecule has 0 unspecified atom stereocenters. The minimum atomic E-state index is -0.789. The summed E-state index contributed by atoms with van der Waals surface area (Å²) in [6.45, 7) is 2.55. The molecule has 0 heterocycles. The summed E-state index contributed by atoms with van der Waals surface area (Å²) in [6.07, 6.45) is 0. The van der Waals surface area contributed by atoms with Gasteiger partial charge in [-0.25, -0.2) is 0 Å². The van der Waals surface area contributed by atoms with Crippen LogP contribution in [-0.2, 0) is 17.1 Å². The molecule has 0 rings (SSSR count). The Hall–Kier alpha value is 2.01. The molecule has 4 nitrogen and oxygen atoms in total. The predicted octanol–water partition coefficient (Wildman–Crippen LogP) is -3.30. The number of methoxy groups -OCH3 is 2. The van der Waals surface area contributed by atoms with Crippen LogP contribution in [0.15, 0.2) is 0 Å². The molecule has 0 radical (unpaired) electrons. The van der Waals surface area contributed by atoms with Crippen LogP contribution in [0.25, 0.3) is 0 Å². The molecular formula is C6H16AlKO4. The summed E-state index contributed by atoms with van der Waals surface area (Å²) in [5, 5.41) is 0. The summed E-state index contributed by atoms with van der Waals surface area (Å²) in [5.74, 6) is 0. The van der Waals surface area contributed by atoms with Crippen molar-refractivity contribution in [2.24, 2.45) is 0 Å². The van der Waals surface area contributed by atoms with E-state index in [2.05, 4.69) is 0 Å². The third-order valence-electron chi connectivity index (χ3n) is 1.03. The topological polar surface area (TPSA) is 36.9 Å². The summed E-state index contributed by atoms with van der Waals surface area (Å²) in [4.78, 5) is 0. The van der Waals surface area contributed by atoms with Crippen LogP contribution in [0.2, 0.25) is 0 Å². The van der Waals surface area contributed by atoms with Crippen LogP contribution in [-0.4, -0.2) is 56.5 Å². The van der Waals surface area contributed by atoms with Gasteiger partial charge >= 0.3 is 67.3 Å². The van der Waals surface area contributed by atoms with E-state index >= 15 is 0 Å². The van der Waals surface area contributed by atoms with Crippen molar-refractivity contribution in [3.8, 4) is 0 Å². The number of hydrogen-bond donors (Lipinski definition) is 0. The second kappa shape index (κ2) is 15.5. The molecule has 0 bridgehead atoms. The standard InChI is InChI=1S/2C3H7O2.Al.K.2H/c2*1-5-3-2-4;;;;/h2*2-3H2,1H3;;;;/q2*-1;+2;+1;;-1. The fraction of sp³-hybridized carbons (Fsp3) is 1.00. The van der Waals surface area contributed by atoms with Gasteiger partial charge in [-0.3, -0.25) is 0 Å². The van der Waals surface area contributed by atoms with Crippen molar-refractivity contribution < 1.29 is 69.9 Å². The quantitative estimate of drug-likeness (QED) is 0.316. The van der Waals surface area contributed by atoms with Crippen LogP contribution in [0, 0.1) is 0 Å². The van der Waals surface area contributed by atoms with Gasteiger partial charge < -0.3 is 18.5 Å². The van der Waals surface area contributed by atoms with Crippen LogP contribution >= 0.6 is 0 Å². The zero-order valence-corrected chi connectivity index (χ0v) is 12.7. The molecule has 0 saturated carbocycles. The van der Waals surface area contributed by atoms with Gasteiger partial charge in [0.1, 0.15) is 0 Å². The number of hydrogen-bond acceptors (Lipinski definition) is 4. The molecule has 0 aromatic heterocycles. The minimum Gasteiger partial charge on any atom is -1.00 e. The van der Waals surface area contributed by atoms with E-state index < -0.39 is 15.9 Å². The largest absolute Gasteiger partial charge is 1.00 e. The molecule has 0 spiro atoms. The molecule has 0 aliphatic rings. The van der Waals surface area contributed by atoms with Crippen molar-refractivity contribution in [2.75, 3.05) is 40.6 Å². The van der Waals surface area contributed by atoms with E-state index in [9.17, 15) is 0 Å². The molecular weight excluding hydrogens is 202 g/mol. The Bertz CT molecular complexity index is 73.7. The Kier molecular flexibility index (Phi) is 21.2. The summed E-state index contributed by atoms with van der Waals surface area (Å²) < 4.78 is 19.9. The van der Waals surface area contributed by atoms with Gasteiger partial charge in [0.05, 0.1) is 13.2 Å². The monoisotopic (exact) mass is 218 g/mol. The van der Waals surface area contributed by atoms with E-state index in [1.54, 1.807) is 14.2 Å². The SMILES string of the molecule is COCC[O][AlH][O]CCOC.[H-].[K+]. The minimum absolute atomic E-state index is 0. The van der Waals surface area contributed by atoms with Crippen LogP contribution in [0.3, 0.4) is 0 Å². The maximum Gasteiger partial charge on any atom is 1.00 e. The molecule has 0 aliphatic carbocycles. The van der Waals surface area contributed by atoms with Crippen molar-refractivity contribution >= 4 is 15.9 Å². The average Bonchev–Trinajstić information content (AvgIpc) is 2.03.